The van der Waals surface area contributed by atoms with Gasteiger partial charge in [-0.15, -0.1) is 0 Å². The highest BCUT2D eigenvalue weighted by atomic mass is 16.6. The van der Waals surface area contributed by atoms with Crippen LogP contribution in [0.3, 0.4) is 0 Å². The molecule has 0 saturated heterocycles. The fraction of sp³-hybridized carbons (Fsp3) is 0.273. The second-order valence-corrected chi connectivity index (χ2v) is 8.23. The molecule has 4 rings (SSSR count). The zero-order chi connectivity index (χ0) is 23.0. The van der Waals surface area contributed by atoms with Gasteiger partial charge in [-0.05, 0) is 50.6 Å². The topological polar surface area (TPSA) is 122 Å². The van der Waals surface area contributed by atoms with Crippen LogP contribution >= 0.6 is 0 Å². The zero-order valence-electron chi connectivity index (χ0n) is 18.6. The third-order valence-electron chi connectivity index (χ3n) is 4.81. The molecule has 3 aromatic heterocycles. The minimum absolute atomic E-state index is 0.346. The number of aromatic nitrogens is 5. The normalized spacial score (nSPS) is 11.5. The minimum Gasteiger partial charge on any atom is -0.495 e. The summed E-state index contributed by atoms with van der Waals surface area (Å²) in [6.07, 6.45) is 2.58. The number of anilines is 2. The molecule has 0 atom stereocenters. The molecule has 10 nitrogen and oxygen atoms in total. The Hall–Kier alpha value is -4.08. The van der Waals surface area contributed by atoms with E-state index in [0.29, 0.717) is 22.8 Å². The Kier molecular flexibility index (Phi) is 5.21. The molecule has 0 bridgehead atoms. The van der Waals surface area contributed by atoms with Gasteiger partial charge in [0.15, 0.2) is 5.82 Å². The first kappa shape index (κ1) is 21.2. The SMILES string of the molecule is COc1cc(-c2cc(-c3ccnn3C)n3ncnc(N)c23)ccc1NC(=O)OC(C)(C)C. The van der Waals surface area contributed by atoms with E-state index < -0.39 is 11.7 Å². The molecule has 0 aliphatic rings. The van der Waals surface area contributed by atoms with E-state index in [1.807, 2.05) is 31.3 Å². The lowest BCUT2D eigenvalue weighted by Gasteiger charge is -2.20. The van der Waals surface area contributed by atoms with Crippen LogP contribution in [0.5, 0.6) is 5.75 Å². The van der Waals surface area contributed by atoms with Crippen LogP contribution in [0.1, 0.15) is 20.8 Å². The molecule has 3 N–H and O–H groups in total. The minimum atomic E-state index is -0.609. The van der Waals surface area contributed by atoms with E-state index in [-0.39, 0.29) is 0 Å². The Balaban J connectivity index is 1.80. The van der Waals surface area contributed by atoms with E-state index >= 15 is 0 Å². The largest absolute Gasteiger partial charge is 0.495 e. The van der Waals surface area contributed by atoms with Crippen molar-refractivity contribution in [3.05, 3.63) is 42.9 Å². The van der Waals surface area contributed by atoms with Crippen molar-refractivity contribution in [2.45, 2.75) is 26.4 Å². The van der Waals surface area contributed by atoms with Crippen molar-refractivity contribution in [2.75, 3.05) is 18.2 Å². The first-order valence-corrected chi connectivity index (χ1v) is 9.97. The number of carbonyl (C=O) groups is 1. The van der Waals surface area contributed by atoms with Gasteiger partial charge in [0, 0.05) is 18.8 Å². The highest BCUT2D eigenvalue weighted by Crippen LogP contribution is 2.37. The highest BCUT2D eigenvalue weighted by molar-refractivity contribution is 5.93. The van der Waals surface area contributed by atoms with Gasteiger partial charge in [0.2, 0.25) is 0 Å². The van der Waals surface area contributed by atoms with Crippen LogP contribution in [0.4, 0.5) is 16.3 Å². The summed E-state index contributed by atoms with van der Waals surface area (Å²) in [5, 5.41) is 11.4. The van der Waals surface area contributed by atoms with Crippen LogP contribution in [-0.4, -0.2) is 43.2 Å². The molecule has 1 aromatic carbocycles. The molecular weight excluding hydrogens is 410 g/mol. The molecule has 3 heterocycles. The Morgan fingerprint density at radius 3 is 2.56 bits per heavy atom. The van der Waals surface area contributed by atoms with Crippen molar-refractivity contribution in [1.29, 1.82) is 0 Å². The molecule has 166 valence electrons. The predicted molar refractivity (Wildman–Crippen MR) is 121 cm³/mol. The second-order valence-electron chi connectivity index (χ2n) is 8.23. The van der Waals surface area contributed by atoms with Crippen molar-refractivity contribution < 1.29 is 14.3 Å². The van der Waals surface area contributed by atoms with E-state index in [1.165, 1.54) is 13.4 Å². The monoisotopic (exact) mass is 435 g/mol. The molecule has 0 spiro atoms. The third kappa shape index (κ3) is 3.94. The lowest BCUT2D eigenvalue weighted by Crippen LogP contribution is -2.27. The average molecular weight is 435 g/mol. The van der Waals surface area contributed by atoms with E-state index in [9.17, 15) is 4.79 Å². The van der Waals surface area contributed by atoms with Gasteiger partial charge in [-0.2, -0.15) is 10.2 Å². The maximum atomic E-state index is 12.2. The van der Waals surface area contributed by atoms with Crippen molar-refractivity contribution in [3.63, 3.8) is 0 Å². The van der Waals surface area contributed by atoms with Gasteiger partial charge < -0.3 is 15.2 Å². The van der Waals surface area contributed by atoms with Crippen molar-refractivity contribution in [1.82, 2.24) is 24.4 Å². The van der Waals surface area contributed by atoms with E-state index in [4.69, 9.17) is 15.2 Å². The number of nitrogen functional groups attached to an aromatic ring is 1. The molecule has 32 heavy (non-hydrogen) atoms. The van der Waals surface area contributed by atoms with E-state index in [1.54, 1.807) is 42.2 Å². The van der Waals surface area contributed by atoms with Crippen LogP contribution in [0, 0.1) is 0 Å². The van der Waals surface area contributed by atoms with E-state index in [0.717, 1.165) is 22.5 Å². The third-order valence-corrected chi connectivity index (χ3v) is 4.81. The molecule has 0 aliphatic heterocycles. The van der Waals surface area contributed by atoms with Crippen LogP contribution in [-0.2, 0) is 11.8 Å². The number of rotatable bonds is 4. The number of nitrogens with zero attached hydrogens (tertiary/aromatic N) is 5. The molecular formula is C22H25N7O3. The molecule has 0 aliphatic carbocycles. The number of benzene rings is 1. The fourth-order valence-electron chi connectivity index (χ4n) is 3.47. The number of nitrogens with one attached hydrogen (secondary N) is 1. The summed E-state index contributed by atoms with van der Waals surface area (Å²) in [6, 6.07) is 9.32. The van der Waals surface area contributed by atoms with Gasteiger partial charge in [-0.3, -0.25) is 10.00 Å². The number of nitrogens with two attached hydrogens (primary N) is 1. The summed E-state index contributed by atoms with van der Waals surface area (Å²) < 4.78 is 14.4. The van der Waals surface area contributed by atoms with Gasteiger partial charge in [-0.25, -0.2) is 14.3 Å². The van der Waals surface area contributed by atoms with Crippen LogP contribution in [0.25, 0.3) is 28.0 Å². The zero-order valence-corrected chi connectivity index (χ0v) is 18.6. The number of hydrogen-bond acceptors (Lipinski definition) is 7. The standard InChI is InChI=1S/C22H25N7O3/c1-22(2,3)32-21(30)27-15-7-6-13(10-18(15)31-5)14-11-17(16-8-9-25-28(16)4)29-19(14)20(23)24-12-26-29/h6-12H,1-5H3,(H,27,30)(H2,23,24,26). The average Bonchev–Trinajstić information content (AvgIpc) is 3.31. The van der Waals surface area contributed by atoms with Crippen LogP contribution in [0.2, 0.25) is 0 Å². The van der Waals surface area contributed by atoms with Crippen LogP contribution in [0.15, 0.2) is 42.9 Å². The quantitative estimate of drug-likeness (QED) is 0.501. The summed E-state index contributed by atoms with van der Waals surface area (Å²) >= 11 is 0. The number of ether oxygens (including phenoxy) is 2. The molecule has 0 saturated carbocycles. The maximum absolute atomic E-state index is 12.2. The second kappa shape index (κ2) is 7.88. The first-order valence-electron chi connectivity index (χ1n) is 9.97. The molecule has 0 fully saturated rings. The maximum Gasteiger partial charge on any atom is 0.412 e. The Bertz CT molecular complexity index is 1300. The van der Waals surface area contributed by atoms with Gasteiger partial charge in [0.25, 0.3) is 0 Å². The lowest BCUT2D eigenvalue weighted by molar-refractivity contribution is 0.0635. The summed E-state index contributed by atoms with van der Waals surface area (Å²) in [5.41, 5.74) is 10.1. The van der Waals surface area contributed by atoms with Gasteiger partial charge in [0.1, 0.15) is 23.2 Å². The molecule has 4 aromatic rings. The van der Waals surface area contributed by atoms with Crippen LogP contribution < -0.4 is 15.8 Å². The Morgan fingerprint density at radius 2 is 1.91 bits per heavy atom. The fourth-order valence-corrected chi connectivity index (χ4v) is 3.47. The Labute approximate surface area is 185 Å². The summed E-state index contributed by atoms with van der Waals surface area (Å²) in [4.78, 5) is 16.4. The predicted octanol–water partition coefficient (Wildman–Crippen LogP) is 3.73. The van der Waals surface area contributed by atoms with Crippen molar-refractivity contribution in [3.8, 4) is 28.3 Å². The molecule has 10 heteroatoms. The number of hydrogen-bond donors (Lipinski definition) is 2. The number of methoxy groups -OCH3 is 1. The summed E-state index contributed by atoms with van der Waals surface area (Å²) in [6.45, 7) is 5.41. The Morgan fingerprint density at radius 1 is 1.12 bits per heavy atom. The lowest BCUT2D eigenvalue weighted by atomic mass is 10.1. The number of carbonyl (C=O) groups excluding carboxylic acids is 1. The van der Waals surface area contributed by atoms with E-state index in [2.05, 4.69) is 20.5 Å². The molecule has 0 unspecified atom stereocenters. The number of fused-ring (bicyclic) bond motifs is 1. The van der Waals surface area contributed by atoms with Crippen molar-refractivity contribution in [2.24, 2.45) is 7.05 Å². The number of aryl methyl sites for hydroxylation is 1. The number of amides is 1. The van der Waals surface area contributed by atoms with Gasteiger partial charge >= 0.3 is 6.09 Å². The summed E-state index contributed by atoms with van der Waals surface area (Å²) in [5.74, 6) is 0.823. The first-order chi connectivity index (χ1) is 15.2. The van der Waals surface area contributed by atoms with Gasteiger partial charge in [-0.1, -0.05) is 6.07 Å². The molecule has 0 radical (unpaired) electrons. The molecule has 1 amide bonds. The summed E-state index contributed by atoms with van der Waals surface area (Å²) in [7, 11) is 3.40. The van der Waals surface area contributed by atoms with Gasteiger partial charge in [0.05, 0.1) is 24.2 Å². The van der Waals surface area contributed by atoms with Crippen molar-refractivity contribution >= 4 is 23.1 Å². The smallest absolute Gasteiger partial charge is 0.412 e. The highest BCUT2D eigenvalue weighted by Gasteiger charge is 2.21.